The van der Waals surface area contributed by atoms with Gasteiger partial charge in [0.15, 0.2) is 0 Å². The van der Waals surface area contributed by atoms with Crippen LogP contribution >= 0.6 is 0 Å². The zero-order valence-corrected chi connectivity index (χ0v) is 20.4. The zero-order chi connectivity index (χ0) is 25.9. The monoisotopic (exact) mass is 517 g/mol. The summed E-state index contributed by atoms with van der Waals surface area (Å²) < 4.78 is 48.1. The molecule has 4 rings (SSSR count). The molecular weight excluding hydrogens is 489 g/mol. The zero-order valence-electron chi connectivity index (χ0n) is 19.6. The molecule has 36 heavy (non-hydrogen) atoms. The number of amidine groups is 1. The van der Waals surface area contributed by atoms with Crippen LogP contribution in [0.15, 0.2) is 41.3 Å². The minimum atomic E-state index is -3.96. The lowest BCUT2D eigenvalue weighted by atomic mass is 10.1. The standard InChI is InChI=1S/C24H28FN5O5S/c25-19-12-16(23(26)27)4-5-17(19)13-28-22(31)14-30-9-2-1-3-20(24(30)32)29-36(33,34)18-6-7-21-15(11-18)8-10-35-21/h4-7,11-12,20,29H,1-3,8-10,13-14H2,(H3,26,27)(H,28,31). The maximum atomic E-state index is 14.2. The van der Waals surface area contributed by atoms with Gasteiger partial charge in [0.05, 0.1) is 18.0 Å². The summed E-state index contributed by atoms with van der Waals surface area (Å²) in [5.74, 6) is -1.19. The van der Waals surface area contributed by atoms with E-state index in [9.17, 15) is 22.4 Å². The van der Waals surface area contributed by atoms with E-state index in [2.05, 4.69) is 10.0 Å². The molecule has 192 valence electrons. The molecule has 0 aliphatic carbocycles. The Kier molecular flexibility index (Phi) is 7.55. The van der Waals surface area contributed by atoms with Crippen molar-refractivity contribution in [3.05, 3.63) is 58.9 Å². The Morgan fingerprint density at radius 3 is 2.78 bits per heavy atom. The van der Waals surface area contributed by atoms with Gasteiger partial charge in [0.25, 0.3) is 0 Å². The van der Waals surface area contributed by atoms with Gasteiger partial charge in [-0.3, -0.25) is 15.0 Å². The van der Waals surface area contributed by atoms with Crippen LogP contribution in [-0.2, 0) is 32.6 Å². The van der Waals surface area contributed by atoms with Crippen LogP contribution < -0.4 is 20.5 Å². The number of nitrogens with one attached hydrogen (secondary N) is 3. The van der Waals surface area contributed by atoms with Crippen molar-refractivity contribution in [3.63, 3.8) is 0 Å². The number of benzene rings is 2. The fourth-order valence-electron chi connectivity index (χ4n) is 4.24. The highest BCUT2D eigenvalue weighted by Crippen LogP contribution is 2.28. The van der Waals surface area contributed by atoms with Gasteiger partial charge < -0.3 is 20.7 Å². The number of hydrogen-bond acceptors (Lipinski definition) is 6. The number of amides is 2. The number of fused-ring (bicyclic) bond motifs is 1. The number of carbonyl (C=O) groups excluding carboxylic acids is 2. The van der Waals surface area contributed by atoms with E-state index < -0.39 is 33.7 Å². The Hall–Kier alpha value is -3.51. The van der Waals surface area contributed by atoms with Crippen molar-refractivity contribution in [1.82, 2.24) is 14.9 Å². The fraction of sp³-hybridized carbons (Fsp3) is 0.375. The number of nitrogen functional groups attached to an aromatic ring is 1. The topological polar surface area (TPSA) is 155 Å². The first-order valence-electron chi connectivity index (χ1n) is 11.6. The molecule has 12 heteroatoms. The van der Waals surface area contributed by atoms with Gasteiger partial charge in [-0.05, 0) is 49.1 Å². The quantitative estimate of drug-likeness (QED) is 0.303. The summed E-state index contributed by atoms with van der Waals surface area (Å²) in [6.07, 6.45) is 2.17. The first-order chi connectivity index (χ1) is 17.1. The van der Waals surface area contributed by atoms with E-state index in [4.69, 9.17) is 15.9 Å². The molecule has 2 aliphatic heterocycles. The first kappa shape index (κ1) is 25.6. The van der Waals surface area contributed by atoms with Crippen molar-refractivity contribution >= 4 is 27.7 Å². The van der Waals surface area contributed by atoms with Crippen molar-refractivity contribution in [2.24, 2.45) is 5.73 Å². The van der Waals surface area contributed by atoms with Crippen LogP contribution in [0.4, 0.5) is 4.39 Å². The molecule has 2 amide bonds. The highest BCUT2D eigenvalue weighted by molar-refractivity contribution is 7.89. The van der Waals surface area contributed by atoms with Crippen LogP contribution in [-0.4, -0.2) is 56.7 Å². The third kappa shape index (κ3) is 5.82. The normalized spacial score (nSPS) is 17.8. The van der Waals surface area contributed by atoms with Gasteiger partial charge in [-0.2, -0.15) is 4.72 Å². The number of ether oxygens (including phenoxy) is 1. The summed E-state index contributed by atoms with van der Waals surface area (Å²) in [7, 11) is -3.96. The second-order valence-electron chi connectivity index (χ2n) is 8.79. The van der Waals surface area contributed by atoms with Crippen LogP contribution in [0.5, 0.6) is 5.75 Å². The lowest BCUT2D eigenvalue weighted by Gasteiger charge is -2.24. The van der Waals surface area contributed by atoms with Gasteiger partial charge in [-0.15, -0.1) is 0 Å². The molecular formula is C24H28FN5O5S. The Labute approximate surface area is 208 Å². The SMILES string of the molecule is N=C(N)c1ccc(CNC(=O)CN2CCCCC(NS(=O)(=O)c3ccc4c(c3)CCO4)C2=O)c(F)c1. The summed E-state index contributed by atoms with van der Waals surface area (Å²) in [5, 5.41) is 9.94. The van der Waals surface area contributed by atoms with E-state index in [0.717, 1.165) is 11.6 Å². The predicted molar refractivity (Wildman–Crippen MR) is 129 cm³/mol. The molecule has 0 radical (unpaired) electrons. The maximum absolute atomic E-state index is 14.2. The number of nitrogens with two attached hydrogens (primary N) is 1. The number of nitrogens with zero attached hydrogens (tertiary/aromatic N) is 1. The summed E-state index contributed by atoms with van der Waals surface area (Å²) in [5.41, 5.74) is 6.60. The lowest BCUT2D eigenvalue weighted by molar-refractivity contribution is -0.136. The van der Waals surface area contributed by atoms with E-state index in [1.54, 1.807) is 12.1 Å². The fourth-order valence-corrected chi connectivity index (χ4v) is 5.51. The van der Waals surface area contributed by atoms with Gasteiger partial charge in [-0.25, -0.2) is 12.8 Å². The van der Waals surface area contributed by atoms with Gasteiger partial charge >= 0.3 is 0 Å². The number of halogens is 1. The molecule has 1 atom stereocenters. The van der Waals surface area contributed by atoms with Crippen molar-refractivity contribution in [2.75, 3.05) is 19.7 Å². The molecule has 1 fully saturated rings. The van der Waals surface area contributed by atoms with E-state index in [-0.39, 0.29) is 34.9 Å². The summed E-state index contributed by atoms with van der Waals surface area (Å²) in [4.78, 5) is 27.0. The van der Waals surface area contributed by atoms with E-state index in [1.165, 1.54) is 23.1 Å². The Bertz CT molecular complexity index is 1300. The molecule has 0 spiro atoms. The van der Waals surface area contributed by atoms with Crippen LogP contribution in [0.25, 0.3) is 0 Å². The van der Waals surface area contributed by atoms with Crippen molar-refractivity contribution in [3.8, 4) is 5.75 Å². The number of likely N-dealkylation sites (tertiary alicyclic amines) is 1. The van der Waals surface area contributed by atoms with Gasteiger partial charge in [-0.1, -0.05) is 12.1 Å². The number of sulfonamides is 1. The van der Waals surface area contributed by atoms with E-state index in [0.29, 0.717) is 44.6 Å². The average molecular weight is 518 g/mol. The van der Waals surface area contributed by atoms with Crippen LogP contribution in [0.1, 0.15) is 36.0 Å². The van der Waals surface area contributed by atoms with E-state index in [1.807, 2.05) is 0 Å². The molecule has 10 nitrogen and oxygen atoms in total. The van der Waals surface area contributed by atoms with Gasteiger partial charge in [0, 0.05) is 30.6 Å². The lowest BCUT2D eigenvalue weighted by Crippen LogP contribution is -2.49. The molecule has 0 bridgehead atoms. The number of hydrogen-bond donors (Lipinski definition) is 4. The summed E-state index contributed by atoms with van der Waals surface area (Å²) >= 11 is 0. The number of carbonyl (C=O) groups is 2. The Balaban J connectivity index is 1.38. The first-order valence-corrected chi connectivity index (χ1v) is 13.1. The highest BCUT2D eigenvalue weighted by Gasteiger charge is 2.32. The van der Waals surface area contributed by atoms with Crippen molar-refractivity contribution in [1.29, 1.82) is 5.41 Å². The second kappa shape index (κ2) is 10.6. The predicted octanol–water partition coefficient (Wildman–Crippen LogP) is 1.02. The minimum absolute atomic E-state index is 0.0610. The summed E-state index contributed by atoms with van der Waals surface area (Å²) in [6, 6.07) is 7.65. The van der Waals surface area contributed by atoms with Crippen LogP contribution in [0.3, 0.4) is 0 Å². The molecule has 1 unspecified atom stereocenters. The van der Waals surface area contributed by atoms with E-state index >= 15 is 0 Å². The molecule has 1 saturated heterocycles. The second-order valence-corrected chi connectivity index (χ2v) is 10.5. The third-order valence-corrected chi connectivity index (χ3v) is 7.69. The highest BCUT2D eigenvalue weighted by atomic mass is 32.2. The molecule has 2 aromatic carbocycles. The summed E-state index contributed by atoms with van der Waals surface area (Å²) in [6.45, 7) is 0.423. The Morgan fingerprint density at radius 2 is 2.03 bits per heavy atom. The minimum Gasteiger partial charge on any atom is -0.493 e. The molecule has 2 aromatic rings. The average Bonchev–Trinajstić information content (AvgIpc) is 3.25. The molecule has 0 saturated carbocycles. The van der Waals surface area contributed by atoms with Gasteiger partial charge in [0.2, 0.25) is 21.8 Å². The van der Waals surface area contributed by atoms with Crippen molar-refractivity contribution in [2.45, 2.75) is 43.2 Å². The number of rotatable bonds is 8. The third-order valence-electron chi connectivity index (χ3n) is 6.22. The van der Waals surface area contributed by atoms with Crippen LogP contribution in [0, 0.1) is 11.2 Å². The Morgan fingerprint density at radius 1 is 1.22 bits per heavy atom. The van der Waals surface area contributed by atoms with Crippen molar-refractivity contribution < 1.29 is 27.1 Å². The maximum Gasteiger partial charge on any atom is 0.241 e. The molecule has 2 aliphatic rings. The molecule has 0 aromatic heterocycles. The molecule has 5 N–H and O–H groups in total. The molecule has 2 heterocycles. The van der Waals surface area contributed by atoms with Gasteiger partial charge in [0.1, 0.15) is 23.4 Å². The largest absolute Gasteiger partial charge is 0.493 e. The van der Waals surface area contributed by atoms with Crippen LogP contribution in [0.2, 0.25) is 0 Å². The smallest absolute Gasteiger partial charge is 0.241 e.